The molecule has 2 rings (SSSR count). The number of aliphatic hydroxyl groups excluding tert-OH is 1. The number of methoxy groups -OCH3 is 1. The van der Waals surface area contributed by atoms with Crippen LogP contribution in [0.4, 0.5) is 5.69 Å². The standard InChI is InChI=1S/C16H26N2O3/c1-13-10-18(11-15(19)12-21-8-7-20-2)16-6-4-3-5-14(16)9-17-13/h3-6,13,15,17,19H,7-12H2,1-2H3. The molecule has 0 spiro atoms. The molecule has 1 aromatic carbocycles. The number of aliphatic hydroxyl groups is 1. The normalized spacial score (nSPS) is 20.0. The van der Waals surface area contributed by atoms with Crippen molar-refractivity contribution in [2.45, 2.75) is 25.6 Å². The third kappa shape index (κ3) is 4.97. The SMILES string of the molecule is COCCOCC(O)CN1CC(C)NCc2ccccc21. The van der Waals surface area contributed by atoms with Gasteiger partial charge >= 0.3 is 0 Å². The smallest absolute Gasteiger partial charge is 0.0948 e. The van der Waals surface area contributed by atoms with Crippen molar-refractivity contribution < 1.29 is 14.6 Å². The highest BCUT2D eigenvalue weighted by atomic mass is 16.5. The summed E-state index contributed by atoms with van der Waals surface area (Å²) in [7, 11) is 1.64. The Morgan fingerprint density at radius 1 is 1.38 bits per heavy atom. The van der Waals surface area contributed by atoms with E-state index in [0.29, 0.717) is 32.4 Å². The van der Waals surface area contributed by atoms with Gasteiger partial charge in [-0.1, -0.05) is 18.2 Å². The summed E-state index contributed by atoms with van der Waals surface area (Å²) in [6.45, 7) is 5.91. The number of rotatable bonds is 7. The van der Waals surface area contributed by atoms with Crippen molar-refractivity contribution in [2.75, 3.05) is 44.9 Å². The zero-order valence-corrected chi connectivity index (χ0v) is 12.9. The van der Waals surface area contributed by atoms with E-state index in [1.807, 2.05) is 6.07 Å². The van der Waals surface area contributed by atoms with Crippen molar-refractivity contribution in [3.63, 3.8) is 0 Å². The van der Waals surface area contributed by atoms with Gasteiger partial charge in [-0.15, -0.1) is 0 Å². The van der Waals surface area contributed by atoms with Gasteiger partial charge in [0.15, 0.2) is 0 Å². The highest BCUT2D eigenvalue weighted by Gasteiger charge is 2.20. The van der Waals surface area contributed by atoms with Crippen molar-refractivity contribution in [2.24, 2.45) is 0 Å². The van der Waals surface area contributed by atoms with E-state index < -0.39 is 6.10 Å². The number of ether oxygens (including phenoxy) is 2. The Labute approximate surface area is 126 Å². The van der Waals surface area contributed by atoms with Gasteiger partial charge in [0.2, 0.25) is 0 Å². The van der Waals surface area contributed by atoms with Gasteiger partial charge in [0, 0.05) is 38.5 Å². The first kappa shape index (κ1) is 16.2. The van der Waals surface area contributed by atoms with Gasteiger partial charge in [-0.2, -0.15) is 0 Å². The van der Waals surface area contributed by atoms with Crippen molar-refractivity contribution >= 4 is 5.69 Å². The molecule has 1 aromatic rings. The summed E-state index contributed by atoms with van der Waals surface area (Å²) in [5.41, 5.74) is 2.47. The molecule has 0 aliphatic carbocycles. The van der Waals surface area contributed by atoms with Crippen molar-refractivity contribution in [3.05, 3.63) is 29.8 Å². The Hall–Kier alpha value is -1.14. The number of nitrogens with zero attached hydrogens (tertiary/aromatic N) is 1. The molecule has 1 heterocycles. The van der Waals surface area contributed by atoms with Crippen molar-refractivity contribution in [3.8, 4) is 0 Å². The maximum atomic E-state index is 10.2. The van der Waals surface area contributed by atoms with Crippen LogP contribution in [0.1, 0.15) is 12.5 Å². The molecule has 0 bridgehead atoms. The molecule has 0 saturated carbocycles. The Morgan fingerprint density at radius 3 is 3.00 bits per heavy atom. The largest absolute Gasteiger partial charge is 0.389 e. The molecule has 2 atom stereocenters. The number of benzene rings is 1. The van der Waals surface area contributed by atoms with Gasteiger partial charge in [0.1, 0.15) is 0 Å². The van der Waals surface area contributed by atoms with Crippen LogP contribution in [0, 0.1) is 0 Å². The van der Waals surface area contributed by atoms with Crippen LogP contribution in [0.25, 0.3) is 0 Å². The second-order valence-electron chi connectivity index (χ2n) is 5.54. The van der Waals surface area contributed by atoms with E-state index in [2.05, 4.69) is 35.3 Å². The molecule has 5 nitrogen and oxygen atoms in total. The average Bonchev–Trinajstić information content (AvgIpc) is 2.64. The quantitative estimate of drug-likeness (QED) is 0.735. The summed E-state index contributed by atoms with van der Waals surface area (Å²) in [6.07, 6.45) is -0.500. The average molecular weight is 294 g/mol. The molecular formula is C16H26N2O3. The lowest BCUT2D eigenvalue weighted by molar-refractivity contribution is 0.0160. The lowest BCUT2D eigenvalue weighted by Gasteiger charge is -2.28. The molecule has 5 heteroatoms. The molecule has 0 fully saturated rings. The van der Waals surface area contributed by atoms with Crippen LogP contribution in [-0.4, -0.2) is 57.3 Å². The van der Waals surface area contributed by atoms with Crippen LogP contribution in [0.5, 0.6) is 0 Å². The highest BCUT2D eigenvalue weighted by Crippen LogP contribution is 2.23. The van der Waals surface area contributed by atoms with Crippen LogP contribution in [-0.2, 0) is 16.0 Å². The monoisotopic (exact) mass is 294 g/mol. The molecular weight excluding hydrogens is 268 g/mol. The van der Waals surface area contributed by atoms with Crippen LogP contribution in [0.3, 0.4) is 0 Å². The Kier molecular flexibility index (Phi) is 6.45. The summed E-state index contributed by atoms with van der Waals surface area (Å²) in [6, 6.07) is 8.74. The van der Waals surface area contributed by atoms with Gasteiger partial charge in [0.25, 0.3) is 0 Å². The fourth-order valence-corrected chi connectivity index (χ4v) is 2.59. The lowest BCUT2D eigenvalue weighted by atomic mass is 10.1. The van der Waals surface area contributed by atoms with E-state index in [4.69, 9.17) is 9.47 Å². The van der Waals surface area contributed by atoms with E-state index in [1.165, 1.54) is 11.3 Å². The van der Waals surface area contributed by atoms with Crippen LogP contribution >= 0.6 is 0 Å². The molecule has 0 saturated heterocycles. The topological polar surface area (TPSA) is 54.0 Å². The minimum absolute atomic E-state index is 0.337. The summed E-state index contributed by atoms with van der Waals surface area (Å²) >= 11 is 0. The van der Waals surface area contributed by atoms with E-state index in [1.54, 1.807) is 7.11 Å². The molecule has 0 radical (unpaired) electrons. The number of fused-ring (bicyclic) bond motifs is 1. The predicted octanol–water partition coefficient (Wildman–Crippen LogP) is 1.01. The molecule has 1 aliphatic heterocycles. The Balaban J connectivity index is 1.94. The second-order valence-corrected chi connectivity index (χ2v) is 5.54. The molecule has 1 aliphatic rings. The molecule has 118 valence electrons. The second kappa shape index (κ2) is 8.34. The maximum absolute atomic E-state index is 10.2. The number of anilines is 1. The van der Waals surface area contributed by atoms with Crippen molar-refractivity contribution in [1.82, 2.24) is 5.32 Å². The number of hydrogen-bond donors (Lipinski definition) is 2. The van der Waals surface area contributed by atoms with E-state index in [9.17, 15) is 5.11 Å². The molecule has 0 aromatic heterocycles. The molecule has 0 amide bonds. The molecule has 2 N–H and O–H groups in total. The minimum Gasteiger partial charge on any atom is -0.389 e. The summed E-state index contributed by atoms with van der Waals surface area (Å²) in [4.78, 5) is 2.24. The van der Waals surface area contributed by atoms with Gasteiger partial charge in [-0.25, -0.2) is 0 Å². The van der Waals surface area contributed by atoms with Crippen LogP contribution in [0.2, 0.25) is 0 Å². The maximum Gasteiger partial charge on any atom is 0.0948 e. The van der Waals surface area contributed by atoms with Crippen LogP contribution < -0.4 is 10.2 Å². The number of para-hydroxylation sites is 1. The fraction of sp³-hybridized carbons (Fsp3) is 0.625. The Morgan fingerprint density at radius 2 is 2.19 bits per heavy atom. The zero-order chi connectivity index (χ0) is 15.1. The van der Waals surface area contributed by atoms with Gasteiger partial charge in [-0.05, 0) is 18.6 Å². The first-order valence-corrected chi connectivity index (χ1v) is 7.51. The van der Waals surface area contributed by atoms with Gasteiger partial charge < -0.3 is 24.8 Å². The highest BCUT2D eigenvalue weighted by molar-refractivity contribution is 5.54. The first-order chi connectivity index (χ1) is 10.2. The van der Waals surface area contributed by atoms with E-state index in [-0.39, 0.29) is 0 Å². The van der Waals surface area contributed by atoms with E-state index >= 15 is 0 Å². The van der Waals surface area contributed by atoms with Gasteiger partial charge in [-0.3, -0.25) is 0 Å². The summed E-state index contributed by atoms with van der Waals surface area (Å²) in [5.74, 6) is 0. The van der Waals surface area contributed by atoms with Crippen molar-refractivity contribution in [1.29, 1.82) is 0 Å². The van der Waals surface area contributed by atoms with Crippen LogP contribution in [0.15, 0.2) is 24.3 Å². The summed E-state index contributed by atoms with van der Waals surface area (Å²) < 4.78 is 10.3. The Bertz CT molecular complexity index is 428. The first-order valence-electron chi connectivity index (χ1n) is 7.51. The molecule has 2 unspecified atom stereocenters. The number of hydrogen-bond acceptors (Lipinski definition) is 5. The third-order valence-electron chi connectivity index (χ3n) is 3.64. The zero-order valence-electron chi connectivity index (χ0n) is 12.9. The fourth-order valence-electron chi connectivity index (χ4n) is 2.59. The predicted molar refractivity (Wildman–Crippen MR) is 83.7 cm³/mol. The number of nitrogens with one attached hydrogen (secondary N) is 1. The molecule has 21 heavy (non-hydrogen) atoms. The van der Waals surface area contributed by atoms with E-state index in [0.717, 1.165) is 13.1 Å². The third-order valence-corrected chi connectivity index (χ3v) is 3.64. The van der Waals surface area contributed by atoms with Gasteiger partial charge in [0.05, 0.1) is 25.9 Å². The lowest BCUT2D eigenvalue weighted by Crippen LogP contribution is -2.41. The minimum atomic E-state index is -0.500. The number of β-amino-alcohol motifs (C(OH)–C–C–N with tert-alkyl or cyclic N) is 1. The summed E-state index contributed by atoms with van der Waals surface area (Å²) in [5, 5.41) is 13.7.